The molecule has 0 bridgehead atoms. The molecule has 2 nitrogen and oxygen atoms in total. The zero-order valence-electron chi connectivity index (χ0n) is 11.1. The van der Waals surface area contributed by atoms with E-state index < -0.39 is 11.9 Å². The number of hydrogen-bond acceptors (Lipinski definition) is 2. The van der Waals surface area contributed by atoms with Crippen LogP contribution in [0.25, 0.3) is 0 Å². The van der Waals surface area contributed by atoms with Crippen LogP contribution in [0.5, 0.6) is 5.75 Å². The van der Waals surface area contributed by atoms with E-state index in [1.807, 2.05) is 0 Å². The molecule has 1 atom stereocenters. The second-order valence-corrected chi connectivity index (χ2v) is 5.09. The number of ether oxygens (including phenoxy) is 1. The number of benzene rings is 2. The molecule has 0 amide bonds. The van der Waals surface area contributed by atoms with E-state index >= 15 is 0 Å². The molecule has 0 fully saturated rings. The predicted octanol–water partition coefficient (Wildman–Crippen LogP) is 4.45. The third kappa shape index (κ3) is 2.90. The molecule has 0 aliphatic rings. The minimum atomic E-state index is -0.412. The Morgan fingerprint density at radius 2 is 1.90 bits per heavy atom. The summed E-state index contributed by atoms with van der Waals surface area (Å²) in [5, 5.41) is 4.13. The Kier molecular flexibility index (Phi) is 4.86. The molecule has 5 heteroatoms. The summed E-state index contributed by atoms with van der Waals surface area (Å²) in [6, 6.07) is 9.71. The Balaban J connectivity index is 2.55. The van der Waals surface area contributed by atoms with Crippen LogP contribution in [0.1, 0.15) is 17.2 Å². The van der Waals surface area contributed by atoms with Crippen molar-refractivity contribution in [2.45, 2.75) is 6.04 Å². The summed E-state index contributed by atoms with van der Waals surface area (Å²) in [4.78, 5) is 0. The Labute approximate surface area is 127 Å². The first-order valence-electron chi connectivity index (χ1n) is 6.03. The molecule has 0 aromatic heterocycles. The monoisotopic (exact) mass is 313 g/mol. The molecule has 106 valence electrons. The van der Waals surface area contributed by atoms with E-state index in [1.165, 1.54) is 7.11 Å². The SMILES string of the molecule is CNC(c1cc(Cl)ccc1Cl)c1cccc(OC)c1F. The molecule has 0 saturated heterocycles. The second-order valence-electron chi connectivity index (χ2n) is 4.25. The van der Waals surface area contributed by atoms with Crippen molar-refractivity contribution in [2.24, 2.45) is 0 Å². The molecule has 2 aromatic carbocycles. The lowest BCUT2D eigenvalue weighted by Gasteiger charge is -2.20. The molecule has 0 saturated carbocycles. The van der Waals surface area contributed by atoms with Gasteiger partial charge in [0.25, 0.3) is 0 Å². The smallest absolute Gasteiger partial charge is 0.170 e. The van der Waals surface area contributed by atoms with Gasteiger partial charge in [-0.1, -0.05) is 35.3 Å². The summed E-state index contributed by atoms with van der Waals surface area (Å²) in [5.41, 5.74) is 1.17. The second kappa shape index (κ2) is 6.44. The van der Waals surface area contributed by atoms with E-state index in [0.29, 0.717) is 21.2 Å². The maximum Gasteiger partial charge on any atom is 0.170 e. The van der Waals surface area contributed by atoms with Gasteiger partial charge in [0.05, 0.1) is 13.2 Å². The van der Waals surface area contributed by atoms with Gasteiger partial charge >= 0.3 is 0 Å². The van der Waals surface area contributed by atoms with E-state index in [4.69, 9.17) is 27.9 Å². The number of hydrogen-bond donors (Lipinski definition) is 1. The fourth-order valence-electron chi connectivity index (χ4n) is 2.12. The topological polar surface area (TPSA) is 21.3 Å². The van der Waals surface area contributed by atoms with Crippen LogP contribution in [0.15, 0.2) is 36.4 Å². The average molecular weight is 314 g/mol. The first kappa shape index (κ1) is 15.1. The molecule has 0 aliphatic carbocycles. The number of methoxy groups -OCH3 is 1. The van der Waals surface area contributed by atoms with Crippen LogP contribution in [0.2, 0.25) is 10.0 Å². The summed E-state index contributed by atoms with van der Waals surface area (Å²) >= 11 is 12.2. The van der Waals surface area contributed by atoms with Crippen LogP contribution in [0, 0.1) is 5.82 Å². The van der Waals surface area contributed by atoms with Crippen LogP contribution in [0.4, 0.5) is 4.39 Å². The van der Waals surface area contributed by atoms with Gasteiger partial charge in [0.15, 0.2) is 11.6 Å². The fraction of sp³-hybridized carbons (Fsp3) is 0.200. The molecule has 0 radical (unpaired) electrons. The molecule has 2 aromatic rings. The fourth-order valence-corrected chi connectivity index (χ4v) is 2.53. The van der Waals surface area contributed by atoms with E-state index in [1.54, 1.807) is 43.4 Å². The Morgan fingerprint density at radius 3 is 2.55 bits per heavy atom. The van der Waals surface area contributed by atoms with Gasteiger partial charge in [-0.3, -0.25) is 0 Å². The first-order valence-corrected chi connectivity index (χ1v) is 6.78. The van der Waals surface area contributed by atoms with Gasteiger partial charge in [0.2, 0.25) is 0 Å². The van der Waals surface area contributed by atoms with E-state index in [2.05, 4.69) is 5.32 Å². The van der Waals surface area contributed by atoms with Crippen molar-refractivity contribution in [2.75, 3.05) is 14.2 Å². The van der Waals surface area contributed by atoms with Crippen LogP contribution in [-0.2, 0) is 0 Å². The van der Waals surface area contributed by atoms with E-state index in [0.717, 1.165) is 0 Å². The first-order chi connectivity index (χ1) is 9.58. The maximum absolute atomic E-state index is 14.4. The third-order valence-corrected chi connectivity index (χ3v) is 3.66. The summed E-state index contributed by atoms with van der Waals surface area (Å²) < 4.78 is 19.4. The lowest BCUT2D eigenvalue weighted by atomic mass is 9.98. The van der Waals surface area contributed by atoms with E-state index in [-0.39, 0.29) is 5.75 Å². The van der Waals surface area contributed by atoms with Gasteiger partial charge in [-0.25, -0.2) is 4.39 Å². The lowest BCUT2D eigenvalue weighted by Crippen LogP contribution is -2.19. The van der Waals surface area contributed by atoms with Gasteiger partial charge in [-0.05, 0) is 36.9 Å². The van der Waals surface area contributed by atoms with Crippen molar-refractivity contribution >= 4 is 23.2 Å². The molecular weight excluding hydrogens is 300 g/mol. The molecule has 2 rings (SSSR count). The van der Waals surface area contributed by atoms with Crippen LogP contribution in [-0.4, -0.2) is 14.2 Å². The highest BCUT2D eigenvalue weighted by Gasteiger charge is 2.21. The van der Waals surface area contributed by atoms with Crippen LogP contribution in [0.3, 0.4) is 0 Å². The average Bonchev–Trinajstić information content (AvgIpc) is 2.45. The standard InChI is InChI=1S/C15H14Cl2FNO/c1-19-15(11-8-9(16)6-7-12(11)17)10-4-3-5-13(20-2)14(10)18/h3-8,15,19H,1-2H3. The summed E-state index contributed by atoms with van der Waals surface area (Å²) in [5.74, 6) is -0.216. The van der Waals surface area contributed by atoms with Gasteiger partial charge in [0, 0.05) is 15.6 Å². The minimum Gasteiger partial charge on any atom is -0.494 e. The number of halogens is 3. The lowest BCUT2D eigenvalue weighted by molar-refractivity contribution is 0.382. The molecule has 1 unspecified atom stereocenters. The Hall–Kier alpha value is -1.29. The normalized spacial score (nSPS) is 12.2. The van der Waals surface area contributed by atoms with Crippen molar-refractivity contribution in [3.8, 4) is 5.75 Å². The molecule has 0 spiro atoms. The molecule has 20 heavy (non-hydrogen) atoms. The molecule has 0 aliphatic heterocycles. The van der Waals surface area contributed by atoms with Gasteiger partial charge in [-0.15, -0.1) is 0 Å². The third-order valence-electron chi connectivity index (χ3n) is 3.08. The van der Waals surface area contributed by atoms with E-state index in [9.17, 15) is 4.39 Å². The van der Waals surface area contributed by atoms with Gasteiger partial charge in [0.1, 0.15) is 0 Å². The van der Waals surface area contributed by atoms with Crippen LogP contribution < -0.4 is 10.1 Å². The Morgan fingerprint density at radius 1 is 1.15 bits per heavy atom. The predicted molar refractivity (Wildman–Crippen MR) is 80.3 cm³/mol. The van der Waals surface area contributed by atoms with Crippen LogP contribution >= 0.6 is 23.2 Å². The summed E-state index contributed by atoms with van der Waals surface area (Å²) in [6.45, 7) is 0. The number of rotatable bonds is 4. The van der Waals surface area contributed by atoms with Crippen molar-refractivity contribution in [1.29, 1.82) is 0 Å². The molecule has 0 heterocycles. The maximum atomic E-state index is 14.4. The molecular formula is C15H14Cl2FNO. The number of nitrogens with one attached hydrogen (secondary N) is 1. The highest BCUT2D eigenvalue weighted by molar-refractivity contribution is 6.33. The van der Waals surface area contributed by atoms with Gasteiger partial charge < -0.3 is 10.1 Å². The van der Waals surface area contributed by atoms with Crippen molar-refractivity contribution in [1.82, 2.24) is 5.32 Å². The zero-order chi connectivity index (χ0) is 14.7. The highest BCUT2D eigenvalue weighted by atomic mass is 35.5. The molecule has 1 N–H and O–H groups in total. The summed E-state index contributed by atoms with van der Waals surface area (Å²) in [7, 11) is 3.17. The zero-order valence-corrected chi connectivity index (χ0v) is 12.6. The van der Waals surface area contributed by atoms with Crippen molar-refractivity contribution < 1.29 is 9.13 Å². The van der Waals surface area contributed by atoms with Crippen molar-refractivity contribution in [3.05, 3.63) is 63.4 Å². The minimum absolute atomic E-state index is 0.195. The van der Waals surface area contributed by atoms with Gasteiger partial charge in [-0.2, -0.15) is 0 Å². The summed E-state index contributed by atoms with van der Waals surface area (Å²) in [6.07, 6.45) is 0. The quantitative estimate of drug-likeness (QED) is 0.900. The largest absolute Gasteiger partial charge is 0.494 e. The van der Waals surface area contributed by atoms with Crippen molar-refractivity contribution in [3.63, 3.8) is 0 Å². The highest BCUT2D eigenvalue weighted by Crippen LogP contribution is 2.33. The Bertz CT molecular complexity index is 619.